The number of hydrogen-bond acceptors (Lipinski definition) is 5. The van der Waals surface area contributed by atoms with Crippen LogP contribution in [0.1, 0.15) is 10.4 Å². The summed E-state index contributed by atoms with van der Waals surface area (Å²) in [5.41, 5.74) is 12.0. The maximum absolute atomic E-state index is 12.6. The van der Waals surface area contributed by atoms with E-state index in [-0.39, 0.29) is 5.91 Å². The summed E-state index contributed by atoms with van der Waals surface area (Å²) in [6, 6.07) is 11.5. The molecule has 0 spiro atoms. The molecule has 5 aromatic rings. The van der Waals surface area contributed by atoms with Crippen LogP contribution in [0.4, 0.5) is 5.69 Å². The number of nitrogens with one attached hydrogen (secondary N) is 2. The van der Waals surface area contributed by atoms with E-state index in [4.69, 9.17) is 5.73 Å². The second-order valence-electron chi connectivity index (χ2n) is 7.35. The molecule has 0 unspecified atom stereocenters. The van der Waals surface area contributed by atoms with Crippen molar-refractivity contribution in [2.75, 3.05) is 19.8 Å². The van der Waals surface area contributed by atoms with Gasteiger partial charge < -0.3 is 15.6 Å². The monoisotopic (exact) mass is 397 g/mol. The molecule has 8 heteroatoms. The first-order valence-electron chi connectivity index (χ1n) is 9.40. The SMILES string of the molecule is CN(C)C(=O)c1cccc2[nH]c(-c3[nH]nc4ncc(-c5cncc(N)c5)cc34)cc12. The maximum Gasteiger partial charge on any atom is 0.254 e. The zero-order chi connectivity index (χ0) is 20.8. The Morgan fingerprint density at radius 1 is 1.03 bits per heavy atom. The van der Waals surface area contributed by atoms with E-state index in [1.165, 1.54) is 0 Å². The Kier molecular flexibility index (Phi) is 3.99. The highest BCUT2D eigenvalue weighted by atomic mass is 16.2. The Hall–Kier alpha value is -4.20. The molecule has 1 aromatic carbocycles. The Bertz CT molecular complexity index is 1410. The summed E-state index contributed by atoms with van der Waals surface area (Å²) in [6.07, 6.45) is 5.11. The van der Waals surface area contributed by atoms with E-state index in [9.17, 15) is 4.79 Å². The molecule has 0 saturated heterocycles. The number of amides is 1. The van der Waals surface area contributed by atoms with Crippen LogP contribution < -0.4 is 5.73 Å². The molecular formula is C22H19N7O. The number of rotatable bonds is 3. The number of hydrogen-bond donors (Lipinski definition) is 3. The van der Waals surface area contributed by atoms with E-state index in [1.807, 2.05) is 36.4 Å². The standard InChI is InChI=1S/C22H19N7O/c1-29(2)22(30)15-4-3-5-18-16(15)8-19(26-18)20-17-7-13(10-25-21(17)28-27-20)12-6-14(23)11-24-9-12/h3-11,26H,23H2,1-2H3,(H,25,27,28). The lowest BCUT2D eigenvalue weighted by Gasteiger charge is -2.10. The Labute approximate surface area is 171 Å². The minimum atomic E-state index is -0.0428. The van der Waals surface area contributed by atoms with Crippen molar-refractivity contribution in [2.24, 2.45) is 0 Å². The van der Waals surface area contributed by atoms with Gasteiger partial charge in [0.2, 0.25) is 0 Å². The normalized spacial score (nSPS) is 11.3. The Morgan fingerprint density at radius 3 is 2.67 bits per heavy atom. The van der Waals surface area contributed by atoms with Crippen LogP contribution in [0.2, 0.25) is 0 Å². The van der Waals surface area contributed by atoms with E-state index >= 15 is 0 Å². The van der Waals surface area contributed by atoms with Crippen LogP contribution in [0.25, 0.3) is 44.5 Å². The molecule has 4 N–H and O–H groups in total. The largest absolute Gasteiger partial charge is 0.397 e. The number of carbonyl (C=O) groups excluding carboxylic acids is 1. The summed E-state index contributed by atoms with van der Waals surface area (Å²) in [7, 11) is 3.49. The van der Waals surface area contributed by atoms with Gasteiger partial charge in [0.25, 0.3) is 5.91 Å². The van der Waals surface area contributed by atoms with Crippen LogP contribution in [0, 0.1) is 0 Å². The fraction of sp³-hybridized carbons (Fsp3) is 0.0909. The quantitative estimate of drug-likeness (QED) is 0.431. The van der Waals surface area contributed by atoms with Gasteiger partial charge in [-0.25, -0.2) is 4.98 Å². The van der Waals surface area contributed by atoms with E-state index in [2.05, 4.69) is 25.1 Å². The highest BCUT2D eigenvalue weighted by molar-refractivity contribution is 6.08. The maximum atomic E-state index is 12.6. The second-order valence-corrected chi connectivity index (χ2v) is 7.35. The number of H-pyrrole nitrogens is 2. The van der Waals surface area contributed by atoms with Crippen molar-refractivity contribution < 1.29 is 4.79 Å². The number of aromatic nitrogens is 5. The molecule has 148 valence electrons. The lowest BCUT2D eigenvalue weighted by molar-refractivity contribution is 0.0829. The zero-order valence-electron chi connectivity index (χ0n) is 16.5. The van der Waals surface area contributed by atoms with Crippen LogP contribution in [-0.2, 0) is 0 Å². The zero-order valence-corrected chi connectivity index (χ0v) is 16.5. The number of fused-ring (bicyclic) bond motifs is 2. The molecule has 0 radical (unpaired) electrons. The molecule has 8 nitrogen and oxygen atoms in total. The fourth-order valence-corrected chi connectivity index (χ4v) is 3.60. The first kappa shape index (κ1) is 17.9. The minimum absolute atomic E-state index is 0.0428. The van der Waals surface area contributed by atoms with Gasteiger partial charge in [-0.15, -0.1) is 0 Å². The lowest BCUT2D eigenvalue weighted by Crippen LogP contribution is -2.21. The predicted octanol–water partition coefficient (Wildman–Crippen LogP) is 3.45. The number of benzene rings is 1. The van der Waals surface area contributed by atoms with Crippen LogP contribution >= 0.6 is 0 Å². The average molecular weight is 397 g/mol. The van der Waals surface area contributed by atoms with E-state index in [0.717, 1.165) is 38.8 Å². The summed E-state index contributed by atoms with van der Waals surface area (Å²) in [5.74, 6) is -0.0428. The first-order valence-corrected chi connectivity index (χ1v) is 9.40. The summed E-state index contributed by atoms with van der Waals surface area (Å²) < 4.78 is 0. The number of nitrogens with zero attached hydrogens (tertiary/aromatic N) is 4. The summed E-state index contributed by atoms with van der Waals surface area (Å²) in [4.78, 5) is 26.2. The van der Waals surface area contributed by atoms with Gasteiger partial charge in [0.05, 0.1) is 17.1 Å². The third-order valence-electron chi connectivity index (χ3n) is 5.07. The molecule has 1 amide bonds. The molecule has 0 aliphatic carbocycles. The van der Waals surface area contributed by atoms with Crippen LogP contribution in [0.5, 0.6) is 0 Å². The molecule has 4 heterocycles. The second kappa shape index (κ2) is 6.70. The van der Waals surface area contributed by atoms with E-state index in [1.54, 1.807) is 37.6 Å². The number of carbonyl (C=O) groups is 1. The number of aromatic amines is 2. The van der Waals surface area contributed by atoms with Gasteiger partial charge in [0.1, 0.15) is 0 Å². The smallest absolute Gasteiger partial charge is 0.254 e. The van der Waals surface area contributed by atoms with Gasteiger partial charge in [0, 0.05) is 65.7 Å². The minimum Gasteiger partial charge on any atom is -0.397 e. The third-order valence-corrected chi connectivity index (χ3v) is 5.07. The lowest BCUT2D eigenvalue weighted by atomic mass is 10.1. The predicted molar refractivity (Wildman–Crippen MR) is 117 cm³/mol. The van der Waals surface area contributed by atoms with Gasteiger partial charge in [-0.3, -0.25) is 14.9 Å². The van der Waals surface area contributed by atoms with Crippen LogP contribution in [0.15, 0.2) is 55.0 Å². The van der Waals surface area contributed by atoms with Crippen molar-refractivity contribution in [3.63, 3.8) is 0 Å². The van der Waals surface area contributed by atoms with Crippen LogP contribution in [0.3, 0.4) is 0 Å². The summed E-state index contributed by atoms with van der Waals surface area (Å²) >= 11 is 0. The summed E-state index contributed by atoms with van der Waals surface area (Å²) in [5, 5.41) is 9.13. The molecule has 0 atom stereocenters. The third kappa shape index (κ3) is 2.86. The first-order chi connectivity index (χ1) is 14.5. The van der Waals surface area contributed by atoms with Gasteiger partial charge in [-0.2, -0.15) is 5.10 Å². The van der Waals surface area contributed by atoms with Gasteiger partial charge in [-0.1, -0.05) is 6.07 Å². The number of nitrogen functional groups attached to an aromatic ring is 1. The summed E-state index contributed by atoms with van der Waals surface area (Å²) in [6.45, 7) is 0. The van der Waals surface area contributed by atoms with Crippen molar-refractivity contribution in [3.8, 4) is 22.5 Å². The van der Waals surface area contributed by atoms with Gasteiger partial charge in [-0.05, 0) is 30.3 Å². The molecule has 0 aliphatic rings. The molecule has 0 bridgehead atoms. The van der Waals surface area contributed by atoms with Crippen molar-refractivity contribution in [3.05, 3.63) is 60.6 Å². The van der Waals surface area contributed by atoms with Crippen molar-refractivity contribution in [1.29, 1.82) is 0 Å². The molecule has 30 heavy (non-hydrogen) atoms. The van der Waals surface area contributed by atoms with E-state index < -0.39 is 0 Å². The topological polar surface area (TPSA) is 117 Å². The van der Waals surface area contributed by atoms with Crippen molar-refractivity contribution in [2.45, 2.75) is 0 Å². The number of nitrogens with two attached hydrogens (primary N) is 1. The van der Waals surface area contributed by atoms with Crippen molar-refractivity contribution in [1.82, 2.24) is 30.0 Å². The molecule has 4 aromatic heterocycles. The Balaban J connectivity index is 1.66. The van der Waals surface area contributed by atoms with Gasteiger partial charge in [0.15, 0.2) is 5.65 Å². The fourth-order valence-electron chi connectivity index (χ4n) is 3.60. The number of anilines is 1. The molecule has 5 rings (SSSR count). The average Bonchev–Trinajstić information content (AvgIpc) is 3.36. The highest BCUT2D eigenvalue weighted by Gasteiger charge is 2.17. The molecule has 0 aliphatic heterocycles. The number of pyridine rings is 2. The highest BCUT2D eigenvalue weighted by Crippen LogP contribution is 2.32. The van der Waals surface area contributed by atoms with Gasteiger partial charge >= 0.3 is 0 Å². The molecule has 0 saturated carbocycles. The van der Waals surface area contributed by atoms with Crippen LogP contribution in [-0.4, -0.2) is 50.1 Å². The van der Waals surface area contributed by atoms with Crippen molar-refractivity contribution >= 4 is 33.5 Å². The molecular weight excluding hydrogens is 378 g/mol. The molecule has 0 fully saturated rings. The Morgan fingerprint density at radius 2 is 1.87 bits per heavy atom. The van der Waals surface area contributed by atoms with E-state index in [0.29, 0.717) is 16.9 Å².